The fraction of sp³-hybridized carbons (Fsp3) is 0.571. The predicted octanol–water partition coefficient (Wildman–Crippen LogP) is 1.69. The first kappa shape index (κ1) is 16.4. The summed E-state index contributed by atoms with van der Waals surface area (Å²) >= 11 is 3.37. The van der Waals surface area contributed by atoms with E-state index in [1.165, 1.54) is 0 Å². The summed E-state index contributed by atoms with van der Waals surface area (Å²) in [5.74, 6) is 0. The molecular weight excluding hydrogens is 336 g/mol. The van der Waals surface area contributed by atoms with Crippen molar-refractivity contribution in [3.05, 3.63) is 38.3 Å². The van der Waals surface area contributed by atoms with E-state index in [0.29, 0.717) is 18.2 Å². The van der Waals surface area contributed by atoms with Crippen LogP contribution in [-0.4, -0.2) is 61.0 Å². The zero-order valence-electron chi connectivity index (χ0n) is 12.4. The van der Waals surface area contributed by atoms with Crippen LogP contribution in [0.2, 0.25) is 0 Å². The lowest BCUT2D eigenvalue weighted by molar-refractivity contribution is -0.385. The molecule has 0 amide bonds. The molecule has 1 fully saturated rings. The summed E-state index contributed by atoms with van der Waals surface area (Å²) in [5.41, 5.74) is 0.876. The van der Waals surface area contributed by atoms with E-state index >= 15 is 0 Å². The highest BCUT2D eigenvalue weighted by Gasteiger charge is 2.22. The Morgan fingerprint density at radius 2 is 2.19 bits per heavy atom. The summed E-state index contributed by atoms with van der Waals surface area (Å²) in [6, 6.07) is 5.49. The molecule has 6 nitrogen and oxygen atoms in total. The van der Waals surface area contributed by atoms with Gasteiger partial charge in [-0.2, -0.15) is 0 Å². The number of hydrogen-bond acceptors (Lipinski definition) is 5. The van der Waals surface area contributed by atoms with Crippen molar-refractivity contribution in [1.29, 1.82) is 0 Å². The van der Waals surface area contributed by atoms with Gasteiger partial charge < -0.3 is 10.2 Å². The summed E-state index contributed by atoms with van der Waals surface area (Å²) in [7, 11) is 4.25. The third-order valence-electron chi connectivity index (χ3n) is 3.91. The van der Waals surface area contributed by atoms with Crippen molar-refractivity contribution in [1.82, 2.24) is 15.1 Å². The van der Waals surface area contributed by atoms with Gasteiger partial charge in [-0.3, -0.25) is 15.0 Å². The summed E-state index contributed by atoms with van der Waals surface area (Å²) < 4.78 is 0.861. The highest BCUT2D eigenvalue weighted by molar-refractivity contribution is 9.10. The lowest BCUT2D eigenvalue weighted by atomic mass is 10.1. The van der Waals surface area contributed by atoms with Gasteiger partial charge in [-0.1, -0.05) is 15.9 Å². The minimum atomic E-state index is -0.329. The molecule has 1 saturated heterocycles. The van der Waals surface area contributed by atoms with E-state index in [0.717, 1.165) is 30.7 Å². The number of benzene rings is 1. The lowest BCUT2D eigenvalue weighted by Gasteiger charge is -2.37. The molecule has 0 aromatic heterocycles. The van der Waals surface area contributed by atoms with Crippen LogP contribution in [0.5, 0.6) is 0 Å². The van der Waals surface area contributed by atoms with Crippen LogP contribution in [0.4, 0.5) is 5.69 Å². The number of nitro groups is 1. The zero-order chi connectivity index (χ0) is 15.4. The van der Waals surface area contributed by atoms with Crippen molar-refractivity contribution >= 4 is 21.6 Å². The quantitative estimate of drug-likeness (QED) is 0.642. The molecule has 0 aliphatic carbocycles. The van der Waals surface area contributed by atoms with Gasteiger partial charge >= 0.3 is 0 Å². The molecule has 0 radical (unpaired) electrons. The van der Waals surface area contributed by atoms with Gasteiger partial charge in [0.1, 0.15) is 0 Å². The van der Waals surface area contributed by atoms with Crippen molar-refractivity contribution in [2.24, 2.45) is 0 Å². The molecule has 1 aliphatic heterocycles. The van der Waals surface area contributed by atoms with E-state index < -0.39 is 0 Å². The Kier molecular flexibility index (Phi) is 5.69. The van der Waals surface area contributed by atoms with Crippen LogP contribution in [-0.2, 0) is 6.54 Å². The molecule has 1 unspecified atom stereocenters. The second kappa shape index (κ2) is 7.31. The van der Waals surface area contributed by atoms with E-state index in [4.69, 9.17) is 0 Å². The predicted molar refractivity (Wildman–Crippen MR) is 86.4 cm³/mol. The third kappa shape index (κ3) is 4.47. The SMILES string of the molecule is CN1CCN(C)C(CNCc2cc(Br)ccc2[N+](=O)[O-])C1. The zero-order valence-corrected chi connectivity index (χ0v) is 14.0. The smallest absolute Gasteiger partial charge is 0.273 e. The number of nitrogens with one attached hydrogen (secondary N) is 1. The summed E-state index contributed by atoms with van der Waals surface area (Å²) in [6.07, 6.45) is 0. The molecule has 0 saturated carbocycles. The van der Waals surface area contributed by atoms with E-state index in [1.54, 1.807) is 12.1 Å². The number of nitro benzene ring substituents is 1. The van der Waals surface area contributed by atoms with E-state index in [1.807, 2.05) is 6.07 Å². The minimum Gasteiger partial charge on any atom is -0.311 e. The van der Waals surface area contributed by atoms with Gasteiger partial charge in [0, 0.05) is 54.9 Å². The molecule has 1 atom stereocenters. The van der Waals surface area contributed by atoms with Crippen LogP contribution in [0, 0.1) is 10.1 Å². The van der Waals surface area contributed by atoms with Crippen molar-refractivity contribution < 1.29 is 4.92 Å². The fourth-order valence-electron chi connectivity index (χ4n) is 2.57. The maximum atomic E-state index is 11.0. The number of piperazine rings is 1. The fourth-order valence-corrected chi connectivity index (χ4v) is 2.98. The number of halogens is 1. The number of rotatable bonds is 5. The number of nitrogens with zero attached hydrogens (tertiary/aromatic N) is 3. The normalized spacial score (nSPS) is 20.6. The highest BCUT2D eigenvalue weighted by atomic mass is 79.9. The van der Waals surface area contributed by atoms with Crippen LogP contribution in [0.15, 0.2) is 22.7 Å². The first-order valence-electron chi connectivity index (χ1n) is 6.99. The average molecular weight is 357 g/mol. The van der Waals surface area contributed by atoms with Gasteiger partial charge in [0.05, 0.1) is 4.92 Å². The minimum absolute atomic E-state index is 0.166. The van der Waals surface area contributed by atoms with Crippen molar-refractivity contribution in [3.8, 4) is 0 Å². The van der Waals surface area contributed by atoms with Crippen LogP contribution in [0.1, 0.15) is 5.56 Å². The molecule has 1 aromatic carbocycles. The van der Waals surface area contributed by atoms with E-state index in [2.05, 4.69) is 45.1 Å². The molecule has 1 heterocycles. The molecule has 1 aromatic rings. The van der Waals surface area contributed by atoms with Crippen LogP contribution in [0.3, 0.4) is 0 Å². The number of hydrogen-bond donors (Lipinski definition) is 1. The Morgan fingerprint density at radius 3 is 2.90 bits per heavy atom. The molecule has 1 aliphatic rings. The molecule has 0 spiro atoms. The van der Waals surface area contributed by atoms with Crippen LogP contribution in [0.25, 0.3) is 0 Å². The molecule has 2 rings (SSSR count). The molecule has 1 N–H and O–H groups in total. The lowest BCUT2D eigenvalue weighted by Crippen LogP contribution is -2.53. The first-order valence-corrected chi connectivity index (χ1v) is 7.79. The average Bonchev–Trinajstić information content (AvgIpc) is 2.42. The molecule has 7 heteroatoms. The number of likely N-dealkylation sites (N-methyl/N-ethyl adjacent to an activating group) is 2. The van der Waals surface area contributed by atoms with Gasteiger partial charge in [-0.25, -0.2) is 0 Å². The highest BCUT2D eigenvalue weighted by Crippen LogP contribution is 2.22. The van der Waals surface area contributed by atoms with Crippen molar-refractivity contribution in [3.63, 3.8) is 0 Å². The van der Waals surface area contributed by atoms with E-state index in [-0.39, 0.29) is 10.6 Å². The summed E-state index contributed by atoms with van der Waals surface area (Å²) in [4.78, 5) is 15.4. The maximum absolute atomic E-state index is 11.0. The Morgan fingerprint density at radius 1 is 1.43 bits per heavy atom. The maximum Gasteiger partial charge on any atom is 0.273 e. The molecule has 21 heavy (non-hydrogen) atoms. The van der Waals surface area contributed by atoms with Gasteiger partial charge in [-0.15, -0.1) is 0 Å². The third-order valence-corrected chi connectivity index (χ3v) is 4.41. The molecule has 116 valence electrons. The molecular formula is C14H21BrN4O2. The Hall–Kier alpha value is -1.02. The Bertz CT molecular complexity index is 512. The summed E-state index contributed by atoms with van der Waals surface area (Å²) in [5, 5.41) is 14.4. The standard InChI is InChI=1S/C14H21BrN4O2/c1-17-5-6-18(2)13(10-17)9-16-8-11-7-12(15)3-4-14(11)19(20)21/h3-4,7,13,16H,5-6,8-10H2,1-2H3. The van der Waals surface area contributed by atoms with Crippen LogP contribution < -0.4 is 5.32 Å². The first-order chi connectivity index (χ1) is 9.97. The van der Waals surface area contributed by atoms with Gasteiger partial charge in [-0.05, 0) is 26.2 Å². The van der Waals surface area contributed by atoms with Gasteiger partial charge in [0.2, 0.25) is 0 Å². The second-order valence-corrected chi connectivity index (χ2v) is 6.47. The monoisotopic (exact) mass is 356 g/mol. The van der Waals surface area contributed by atoms with Gasteiger partial charge in [0.25, 0.3) is 5.69 Å². The van der Waals surface area contributed by atoms with Crippen molar-refractivity contribution in [2.45, 2.75) is 12.6 Å². The Labute approximate surface area is 133 Å². The van der Waals surface area contributed by atoms with Crippen LogP contribution >= 0.6 is 15.9 Å². The van der Waals surface area contributed by atoms with Gasteiger partial charge in [0.15, 0.2) is 0 Å². The topological polar surface area (TPSA) is 61.6 Å². The molecule has 0 bridgehead atoms. The summed E-state index contributed by atoms with van der Waals surface area (Å²) in [6.45, 7) is 4.49. The van der Waals surface area contributed by atoms with E-state index in [9.17, 15) is 10.1 Å². The second-order valence-electron chi connectivity index (χ2n) is 5.56. The largest absolute Gasteiger partial charge is 0.311 e. The van der Waals surface area contributed by atoms with Crippen molar-refractivity contribution in [2.75, 3.05) is 40.3 Å². The Balaban J connectivity index is 1.94.